The van der Waals surface area contributed by atoms with Gasteiger partial charge in [0.05, 0.1) is 6.20 Å². The first-order valence-corrected chi connectivity index (χ1v) is 10.3. The van der Waals surface area contributed by atoms with Gasteiger partial charge in [0.1, 0.15) is 11.8 Å². The number of benzene rings is 1. The van der Waals surface area contributed by atoms with E-state index < -0.39 is 0 Å². The molecule has 1 aliphatic rings. The maximum atomic E-state index is 12.7. The number of nitrogens with zero attached hydrogens (tertiary/aromatic N) is 2. The molecule has 152 valence electrons. The van der Waals surface area contributed by atoms with Crippen LogP contribution in [0.2, 0.25) is 0 Å². The highest BCUT2D eigenvalue weighted by Crippen LogP contribution is 2.27. The van der Waals surface area contributed by atoms with Crippen LogP contribution in [-0.4, -0.2) is 33.0 Å². The van der Waals surface area contributed by atoms with E-state index in [0.29, 0.717) is 11.6 Å². The van der Waals surface area contributed by atoms with E-state index in [0.717, 1.165) is 36.6 Å². The minimum Gasteiger partial charge on any atom is -0.473 e. The molecule has 1 aromatic carbocycles. The summed E-state index contributed by atoms with van der Waals surface area (Å²) >= 11 is 0. The number of aromatic amines is 1. The molecule has 0 bridgehead atoms. The maximum Gasteiger partial charge on any atom is 0.267 e. The van der Waals surface area contributed by atoms with Crippen molar-refractivity contribution < 1.29 is 9.53 Å². The molecule has 0 radical (unpaired) electrons. The SMILES string of the molecule is CC(C)(C)c1ccc2[nH]c(C(=O)NC3CCC(Oc4cnccn4)CC3)cc2c1. The van der Waals surface area contributed by atoms with E-state index in [1.165, 1.54) is 5.56 Å². The number of fused-ring (bicyclic) bond motifs is 1. The lowest BCUT2D eigenvalue weighted by Gasteiger charge is -2.28. The van der Waals surface area contributed by atoms with Crippen LogP contribution in [0.5, 0.6) is 5.88 Å². The van der Waals surface area contributed by atoms with E-state index in [2.05, 4.69) is 59.2 Å². The molecule has 4 rings (SSSR count). The molecule has 29 heavy (non-hydrogen) atoms. The van der Waals surface area contributed by atoms with Crippen LogP contribution in [-0.2, 0) is 5.41 Å². The van der Waals surface area contributed by atoms with Crippen molar-refractivity contribution in [3.8, 4) is 5.88 Å². The Morgan fingerprint density at radius 1 is 1.14 bits per heavy atom. The number of hydrogen-bond acceptors (Lipinski definition) is 4. The summed E-state index contributed by atoms with van der Waals surface area (Å²) in [6.07, 6.45) is 8.60. The number of aromatic nitrogens is 3. The van der Waals surface area contributed by atoms with Crippen LogP contribution in [0.4, 0.5) is 0 Å². The summed E-state index contributed by atoms with van der Waals surface area (Å²) in [5, 5.41) is 4.24. The van der Waals surface area contributed by atoms with Crippen LogP contribution < -0.4 is 10.1 Å². The molecule has 0 unspecified atom stereocenters. The summed E-state index contributed by atoms with van der Waals surface area (Å²) in [7, 11) is 0. The molecule has 2 aromatic heterocycles. The minimum absolute atomic E-state index is 0.0446. The second kappa shape index (κ2) is 7.85. The molecule has 1 amide bonds. The lowest BCUT2D eigenvalue weighted by Crippen LogP contribution is -2.39. The minimum atomic E-state index is -0.0446. The summed E-state index contributed by atoms with van der Waals surface area (Å²) in [4.78, 5) is 24.2. The Morgan fingerprint density at radius 2 is 1.93 bits per heavy atom. The Morgan fingerprint density at radius 3 is 2.62 bits per heavy atom. The third-order valence-electron chi connectivity index (χ3n) is 5.57. The first-order chi connectivity index (χ1) is 13.9. The third kappa shape index (κ3) is 4.58. The molecule has 2 heterocycles. The third-order valence-corrected chi connectivity index (χ3v) is 5.57. The van der Waals surface area contributed by atoms with Crippen molar-refractivity contribution in [2.45, 2.75) is 64.0 Å². The molecule has 0 aliphatic heterocycles. The van der Waals surface area contributed by atoms with Crippen LogP contribution in [0.15, 0.2) is 42.9 Å². The van der Waals surface area contributed by atoms with Gasteiger partial charge in [-0.1, -0.05) is 26.8 Å². The van der Waals surface area contributed by atoms with Gasteiger partial charge in [-0.3, -0.25) is 9.78 Å². The standard InChI is InChI=1S/C23H28N4O2/c1-23(2,3)16-4-9-19-15(12-16)13-20(27-19)22(28)26-17-5-7-18(8-6-17)29-21-14-24-10-11-25-21/h4,9-14,17-18,27H,5-8H2,1-3H3,(H,26,28). The van der Waals surface area contributed by atoms with Crippen molar-refractivity contribution in [2.75, 3.05) is 0 Å². The van der Waals surface area contributed by atoms with Crippen molar-refractivity contribution in [1.29, 1.82) is 0 Å². The Kier molecular flexibility index (Phi) is 5.26. The summed E-state index contributed by atoms with van der Waals surface area (Å²) in [5.41, 5.74) is 2.95. The molecule has 0 spiro atoms. The van der Waals surface area contributed by atoms with E-state index in [1.54, 1.807) is 18.6 Å². The second-order valence-electron chi connectivity index (χ2n) is 8.84. The highest BCUT2D eigenvalue weighted by Gasteiger charge is 2.25. The average molecular weight is 393 g/mol. The zero-order valence-electron chi connectivity index (χ0n) is 17.2. The molecule has 6 heteroatoms. The molecular weight excluding hydrogens is 364 g/mol. The van der Waals surface area contributed by atoms with Gasteiger partial charge < -0.3 is 15.0 Å². The van der Waals surface area contributed by atoms with Gasteiger partial charge in [-0.05, 0) is 54.9 Å². The summed E-state index contributed by atoms with van der Waals surface area (Å²) < 4.78 is 5.88. The number of nitrogens with one attached hydrogen (secondary N) is 2. The van der Waals surface area contributed by atoms with Crippen LogP contribution in [0.3, 0.4) is 0 Å². The van der Waals surface area contributed by atoms with Gasteiger partial charge in [-0.25, -0.2) is 4.98 Å². The van der Waals surface area contributed by atoms with Gasteiger partial charge in [0, 0.05) is 29.3 Å². The first-order valence-electron chi connectivity index (χ1n) is 10.3. The number of carbonyl (C=O) groups excluding carboxylic acids is 1. The molecule has 0 saturated heterocycles. The largest absolute Gasteiger partial charge is 0.473 e. The monoisotopic (exact) mass is 392 g/mol. The smallest absolute Gasteiger partial charge is 0.267 e. The van der Waals surface area contributed by atoms with Crippen molar-refractivity contribution in [3.63, 3.8) is 0 Å². The van der Waals surface area contributed by atoms with Gasteiger partial charge in [0.25, 0.3) is 5.91 Å². The fraction of sp³-hybridized carbons (Fsp3) is 0.435. The van der Waals surface area contributed by atoms with E-state index in [4.69, 9.17) is 4.74 Å². The second-order valence-corrected chi connectivity index (χ2v) is 8.84. The quantitative estimate of drug-likeness (QED) is 0.691. The van der Waals surface area contributed by atoms with Crippen LogP contribution in [0.1, 0.15) is 62.5 Å². The number of ether oxygens (including phenoxy) is 1. The average Bonchev–Trinajstić information content (AvgIpc) is 3.13. The first kappa shape index (κ1) is 19.4. The Balaban J connectivity index is 1.35. The molecule has 1 fully saturated rings. The molecule has 0 atom stereocenters. The highest BCUT2D eigenvalue weighted by atomic mass is 16.5. The summed E-state index contributed by atoms with van der Waals surface area (Å²) in [5.74, 6) is 0.518. The lowest BCUT2D eigenvalue weighted by atomic mass is 9.86. The van der Waals surface area contributed by atoms with Crippen molar-refractivity contribution in [1.82, 2.24) is 20.3 Å². The molecule has 3 aromatic rings. The fourth-order valence-corrected chi connectivity index (χ4v) is 3.83. The Hall–Kier alpha value is -2.89. The maximum absolute atomic E-state index is 12.7. The van der Waals surface area contributed by atoms with E-state index in [9.17, 15) is 4.79 Å². The number of carbonyl (C=O) groups is 1. The molecular formula is C23H28N4O2. The van der Waals surface area contributed by atoms with Gasteiger partial charge in [0.2, 0.25) is 5.88 Å². The predicted molar refractivity (Wildman–Crippen MR) is 113 cm³/mol. The van der Waals surface area contributed by atoms with Crippen LogP contribution in [0, 0.1) is 0 Å². The van der Waals surface area contributed by atoms with Crippen LogP contribution in [0.25, 0.3) is 10.9 Å². The molecule has 1 saturated carbocycles. The van der Waals surface area contributed by atoms with Gasteiger partial charge in [-0.15, -0.1) is 0 Å². The van der Waals surface area contributed by atoms with E-state index >= 15 is 0 Å². The predicted octanol–water partition coefficient (Wildman–Crippen LogP) is 4.38. The number of H-pyrrole nitrogens is 1. The zero-order chi connectivity index (χ0) is 20.4. The fourth-order valence-electron chi connectivity index (χ4n) is 3.83. The molecule has 2 N–H and O–H groups in total. The Bertz CT molecular complexity index is 983. The van der Waals surface area contributed by atoms with Gasteiger partial charge >= 0.3 is 0 Å². The number of amides is 1. The lowest BCUT2D eigenvalue weighted by molar-refractivity contribution is 0.0886. The normalized spacial score (nSPS) is 19.8. The Labute approximate surface area is 171 Å². The van der Waals surface area contributed by atoms with Gasteiger partial charge in [0.15, 0.2) is 0 Å². The summed E-state index contributed by atoms with van der Waals surface area (Å²) in [6.45, 7) is 6.58. The molecule has 1 aliphatic carbocycles. The van der Waals surface area contributed by atoms with E-state index in [1.807, 2.05) is 6.07 Å². The number of rotatable bonds is 4. The van der Waals surface area contributed by atoms with Crippen LogP contribution >= 0.6 is 0 Å². The van der Waals surface area contributed by atoms with Crippen molar-refractivity contribution in [3.05, 3.63) is 54.1 Å². The summed E-state index contributed by atoms with van der Waals surface area (Å²) in [6, 6.07) is 8.46. The van der Waals surface area contributed by atoms with Gasteiger partial charge in [-0.2, -0.15) is 0 Å². The topological polar surface area (TPSA) is 79.9 Å². The highest BCUT2D eigenvalue weighted by molar-refractivity contribution is 5.98. The zero-order valence-corrected chi connectivity index (χ0v) is 17.2. The van der Waals surface area contributed by atoms with Crippen molar-refractivity contribution in [2.24, 2.45) is 0 Å². The van der Waals surface area contributed by atoms with Crippen molar-refractivity contribution >= 4 is 16.8 Å². The van der Waals surface area contributed by atoms with E-state index in [-0.39, 0.29) is 23.5 Å². The molecule has 6 nitrogen and oxygen atoms in total. The number of hydrogen-bond donors (Lipinski definition) is 2.